The molecule has 0 spiro atoms. The molecule has 0 atom stereocenters. The largest absolute Gasteiger partial charge is 0.378 e. The summed E-state index contributed by atoms with van der Waals surface area (Å²) in [6, 6.07) is 5.88. The summed E-state index contributed by atoms with van der Waals surface area (Å²) in [5.74, 6) is 0. The molecule has 0 aromatic heterocycles. The Bertz CT molecular complexity index is 556. The smallest absolute Gasteiger partial charge is 0.320 e. The van der Waals surface area contributed by atoms with Crippen LogP contribution >= 0.6 is 23.2 Å². The summed E-state index contributed by atoms with van der Waals surface area (Å²) in [6.45, 7) is 6.77. The molecule has 7 heteroatoms. The molecule has 1 aromatic rings. The monoisotopic (exact) mass is 357 g/mol. The van der Waals surface area contributed by atoms with Crippen LogP contribution in [0, 0.1) is 0 Å². The molecule has 2 aliphatic rings. The molecule has 2 heterocycles. The van der Waals surface area contributed by atoms with Gasteiger partial charge in [0, 0.05) is 45.8 Å². The fourth-order valence-corrected chi connectivity index (χ4v) is 3.27. The van der Waals surface area contributed by atoms with Crippen molar-refractivity contribution in [1.29, 1.82) is 0 Å². The van der Waals surface area contributed by atoms with Gasteiger partial charge in [-0.2, -0.15) is 0 Å². The number of morpholine rings is 1. The Hall–Kier alpha value is -1.01. The number of amides is 2. The Labute approximate surface area is 146 Å². The van der Waals surface area contributed by atoms with Gasteiger partial charge >= 0.3 is 6.03 Å². The lowest BCUT2D eigenvalue weighted by Gasteiger charge is -2.38. The third-order valence-corrected chi connectivity index (χ3v) is 5.05. The van der Waals surface area contributed by atoms with Crippen molar-refractivity contribution in [3.8, 4) is 0 Å². The van der Waals surface area contributed by atoms with Crippen LogP contribution in [0.2, 0.25) is 10.0 Å². The van der Waals surface area contributed by atoms with Crippen LogP contribution in [0.5, 0.6) is 0 Å². The Balaban J connectivity index is 1.49. The number of carbonyl (C=O) groups is 1. The number of halogens is 2. The van der Waals surface area contributed by atoms with Crippen LogP contribution in [-0.2, 0) is 11.3 Å². The van der Waals surface area contributed by atoms with E-state index in [0.717, 1.165) is 38.3 Å². The summed E-state index contributed by atoms with van der Waals surface area (Å²) >= 11 is 12.0. The Morgan fingerprint density at radius 3 is 2.26 bits per heavy atom. The Morgan fingerprint density at radius 2 is 1.61 bits per heavy atom. The van der Waals surface area contributed by atoms with Gasteiger partial charge in [0.1, 0.15) is 0 Å². The fraction of sp³-hybridized carbons (Fsp3) is 0.562. The van der Waals surface area contributed by atoms with E-state index in [4.69, 9.17) is 27.9 Å². The van der Waals surface area contributed by atoms with E-state index >= 15 is 0 Å². The summed E-state index contributed by atoms with van der Waals surface area (Å²) in [6.07, 6.45) is 0. The maximum Gasteiger partial charge on any atom is 0.320 e. The van der Waals surface area contributed by atoms with Crippen LogP contribution < -0.4 is 0 Å². The van der Waals surface area contributed by atoms with Crippen molar-refractivity contribution in [1.82, 2.24) is 14.7 Å². The number of urea groups is 1. The van der Waals surface area contributed by atoms with E-state index in [1.54, 1.807) is 0 Å². The molecule has 0 bridgehead atoms. The van der Waals surface area contributed by atoms with E-state index in [1.807, 2.05) is 28.0 Å². The van der Waals surface area contributed by atoms with Gasteiger partial charge in [-0.15, -0.1) is 0 Å². The summed E-state index contributed by atoms with van der Waals surface area (Å²) in [5.41, 5.74) is 1.15. The lowest BCUT2D eigenvalue weighted by atomic mass is 10.2. The molecule has 0 saturated carbocycles. The summed E-state index contributed by atoms with van der Waals surface area (Å²) in [7, 11) is 0. The number of benzene rings is 1. The highest BCUT2D eigenvalue weighted by molar-refractivity contribution is 6.42. The molecule has 3 rings (SSSR count). The number of nitrogens with zero attached hydrogens (tertiary/aromatic N) is 3. The summed E-state index contributed by atoms with van der Waals surface area (Å²) < 4.78 is 5.30. The summed E-state index contributed by atoms with van der Waals surface area (Å²) in [5, 5.41) is 1.17. The first-order valence-electron chi connectivity index (χ1n) is 7.91. The van der Waals surface area contributed by atoms with Crippen LogP contribution in [0.4, 0.5) is 4.79 Å². The van der Waals surface area contributed by atoms with Crippen LogP contribution in [-0.4, -0.2) is 73.2 Å². The predicted octanol–water partition coefficient (Wildman–Crippen LogP) is 2.56. The topological polar surface area (TPSA) is 36.0 Å². The maximum absolute atomic E-state index is 12.4. The first kappa shape index (κ1) is 16.8. The van der Waals surface area contributed by atoms with E-state index in [2.05, 4.69) is 4.90 Å². The van der Waals surface area contributed by atoms with Crippen molar-refractivity contribution in [3.05, 3.63) is 33.8 Å². The average Bonchev–Trinajstić information content (AvgIpc) is 2.59. The first-order chi connectivity index (χ1) is 11.1. The van der Waals surface area contributed by atoms with Gasteiger partial charge in [-0.05, 0) is 17.7 Å². The molecule has 2 aliphatic heterocycles. The maximum atomic E-state index is 12.4. The normalized spacial score (nSPS) is 19.9. The highest BCUT2D eigenvalue weighted by Crippen LogP contribution is 2.23. The van der Waals surface area contributed by atoms with E-state index in [0.29, 0.717) is 36.3 Å². The Morgan fingerprint density at radius 1 is 0.957 bits per heavy atom. The molecule has 2 amide bonds. The fourth-order valence-electron chi connectivity index (χ4n) is 2.95. The lowest BCUT2D eigenvalue weighted by molar-refractivity contribution is 0.0373. The molecule has 2 saturated heterocycles. The molecule has 126 valence electrons. The second-order valence-electron chi connectivity index (χ2n) is 5.89. The second kappa shape index (κ2) is 7.71. The quantitative estimate of drug-likeness (QED) is 0.815. The van der Waals surface area contributed by atoms with Gasteiger partial charge in [0.05, 0.1) is 23.3 Å². The molecule has 0 unspecified atom stereocenters. The molecule has 0 radical (unpaired) electrons. The molecule has 0 N–H and O–H groups in total. The minimum absolute atomic E-state index is 0.141. The van der Waals surface area contributed by atoms with Crippen LogP contribution in [0.15, 0.2) is 18.2 Å². The van der Waals surface area contributed by atoms with Crippen LogP contribution in [0.25, 0.3) is 0 Å². The molecule has 0 aliphatic carbocycles. The molecule has 1 aromatic carbocycles. The highest BCUT2D eigenvalue weighted by Gasteiger charge is 2.26. The number of piperazine rings is 1. The molecular formula is C16H21Cl2N3O2. The third kappa shape index (κ3) is 4.29. The van der Waals surface area contributed by atoms with Crippen molar-refractivity contribution in [2.24, 2.45) is 0 Å². The summed E-state index contributed by atoms with van der Waals surface area (Å²) in [4.78, 5) is 18.6. The van der Waals surface area contributed by atoms with Gasteiger partial charge < -0.3 is 14.5 Å². The SMILES string of the molecule is O=C(N1CCOCC1)N1CCN(Cc2ccc(Cl)c(Cl)c2)CC1. The van der Waals surface area contributed by atoms with Crippen molar-refractivity contribution in [2.75, 3.05) is 52.5 Å². The molecular weight excluding hydrogens is 337 g/mol. The van der Waals surface area contributed by atoms with Crippen LogP contribution in [0.1, 0.15) is 5.56 Å². The van der Waals surface area contributed by atoms with Gasteiger partial charge in [-0.25, -0.2) is 4.79 Å². The van der Waals surface area contributed by atoms with Crippen molar-refractivity contribution >= 4 is 29.2 Å². The number of hydrogen-bond acceptors (Lipinski definition) is 3. The molecule has 5 nitrogen and oxygen atoms in total. The molecule has 23 heavy (non-hydrogen) atoms. The molecule has 2 fully saturated rings. The van der Waals surface area contributed by atoms with Crippen molar-refractivity contribution < 1.29 is 9.53 Å². The van der Waals surface area contributed by atoms with Crippen LogP contribution in [0.3, 0.4) is 0 Å². The number of hydrogen-bond donors (Lipinski definition) is 0. The zero-order chi connectivity index (χ0) is 16.2. The van der Waals surface area contributed by atoms with E-state index in [9.17, 15) is 4.79 Å². The van der Waals surface area contributed by atoms with Gasteiger partial charge in [0.25, 0.3) is 0 Å². The van der Waals surface area contributed by atoms with E-state index < -0.39 is 0 Å². The average molecular weight is 358 g/mol. The standard InChI is InChI=1S/C16H21Cl2N3O2/c17-14-2-1-13(11-15(14)18)12-19-3-5-20(6-4-19)16(22)21-7-9-23-10-8-21/h1-2,11H,3-10,12H2. The van der Waals surface area contributed by atoms with Gasteiger partial charge in [0.2, 0.25) is 0 Å². The Kier molecular flexibility index (Phi) is 5.64. The third-order valence-electron chi connectivity index (χ3n) is 4.31. The lowest BCUT2D eigenvalue weighted by Crippen LogP contribution is -2.54. The van der Waals surface area contributed by atoms with Gasteiger partial charge in [0.15, 0.2) is 0 Å². The first-order valence-corrected chi connectivity index (χ1v) is 8.67. The number of ether oxygens (including phenoxy) is 1. The van der Waals surface area contributed by atoms with Crippen molar-refractivity contribution in [2.45, 2.75) is 6.54 Å². The van der Waals surface area contributed by atoms with E-state index in [-0.39, 0.29) is 6.03 Å². The number of carbonyl (C=O) groups excluding carboxylic acids is 1. The predicted molar refractivity (Wildman–Crippen MR) is 91.1 cm³/mol. The van der Waals surface area contributed by atoms with Crippen molar-refractivity contribution in [3.63, 3.8) is 0 Å². The zero-order valence-corrected chi connectivity index (χ0v) is 14.5. The number of rotatable bonds is 2. The minimum atomic E-state index is 0.141. The van der Waals surface area contributed by atoms with E-state index in [1.165, 1.54) is 0 Å². The minimum Gasteiger partial charge on any atom is -0.378 e. The van der Waals surface area contributed by atoms with Gasteiger partial charge in [-0.3, -0.25) is 4.90 Å². The highest BCUT2D eigenvalue weighted by atomic mass is 35.5. The zero-order valence-electron chi connectivity index (χ0n) is 13.0. The van der Waals surface area contributed by atoms with Gasteiger partial charge in [-0.1, -0.05) is 29.3 Å². The second-order valence-corrected chi connectivity index (χ2v) is 6.71.